The third-order valence-corrected chi connectivity index (χ3v) is 3.55. The van der Waals surface area contributed by atoms with Crippen LogP contribution in [-0.4, -0.2) is 17.0 Å². The molecule has 3 nitrogen and oxygen atoms in total. The summed E-state index contributed by atoms with van der Waals surface area (Å²) in [6.07, 6.45) is 0.518. The Kier molecular flexibility index (Phi) is 2.84. The predicted octanol–water partition coefficient (Wildman–Crippen LogP) is 2.78. The summed E-state index contributed by atoms with van der Waals surface area (Å²) in [5.74, 6) is 0.758. The lowest BCUT2D eigenvalue weighted by molar-refractivity contribution is -0.146. The zero-order valence-corrected chi connectivity index (χ0v) is 10.1. The zero-order valence-electron chi connectivity index (χ0n) is 9.32. The van der Waals surface area contributed by atoms with Crippen LogP contribution >= 0.6 is 11.8 Å². The van der Waals surface area contributed by atoms with Crippen LogP contribution in [0.25, 0.3) is 0 Å². The molecule has 0 saturated heterocycles. The number of benzene rings is 1. The fourth-order valence-corrected chi connectivity index (χ4v) is 2.37. The first-order valence-corrected chi connectivity index (χ1v) is 6.09. The summed E-state index contributed by atoms with van der Waals surface area (Å²) >= 11 is 1.66. The number of hydrogen-bond acceptors (Lipinski definition) is 3. The summed E-state index contributed by atoms with van der Waals surface area (Å²) in [6, 6.07) is 5.92. The van der Waals surface area contributed by atoms with Gasteiger partial charge in [0.1, 0.15) is 11.7 Å². The van der Waals surface area contributed by atoms with E-state index >= 15 is 0 Å². The molecule has 1 N–H and O–H groups in total. The smallest absolute Gasteiger partial charge is 0.309 e. The highest BCUT2D eigenvalue weighted by atomic mass is 32.2. The number of carboxylic acid groups (broad SMARTS) is 1. The first-order chi connectivity index (χ1) is 7.49. The molecule has 1 aromatic rings. The van der Waals surface area contributed by atoms with Crippen LogP contribution in [0.2, 0.25) is 0 Å². The molecular formula is C12H14O3S. The molecule has 2 rings (SSSR count). The summed E-state index contributed by atoms with van der Waals surface area (Å²) in [4.78, 5) is 12.2. The van der Waals surface area contributed by atoms with Crippen molar-refractivity contribution < 1.29 is 14.6 Å². The zero-order chi connectivity index (χ0) is 11.8. The van der Waals surface area contributed by atoms with Crippen molar-refractivity contribution >= 4 is 17.7 Å². The van der Waals surface area contributed by atoms with Crippen LogP contribution < -0.4 is 4.74 Å². The lowest BCUT2D eigenvalue weighted by Gasteiger charge is -2.19. The van der Waals surface area contributed by atoms with E-state index in [9.17, 15) is 4.79 Å². The maximum atomic E-state index is 11.0. The molecule has 4 heteroatoms. The molecule has 0 atom stereocenters. The molecule has 0 unspecified atom stereocenters. The lowest BCUT2D eigenvalue weighted by Crippen LogP contribution is -2.26. The van der Waals surface area contributed by atoms with Gasteiger partial charge in [-0.25, -0.2) is 0 Å². The summed E-state index contributed by atoms with van der Waals surface area (Å²) in [6.45, 7) is 3.47. The molecule has 0 aromatic heterocycles. The molecule has 0 radical (unpaired) electrons. The number of carboxylic acids is 1. The topological polar surface area (TPSA) is 46.5 Å². The first-order valence-electron chi connectivity index (χ1n) is 5.11. The molecule has 0 bridgehead atoms. The Labute approximate surface area is 98.8 Å². The minimum atomic E-state index is -0.775. The molecule has 1 aromatic carbocycles. The first kappa shape index (κ1) is 11.3. The van der Waals surface area contributed by atoms with Gasteiger partial charge in [-0.2, -0.15) is 0 Å². The van der Waals surface area contributed by atoms with Gasteiger partial charge in [-0.3, -0.25) is 4.79 Å². The van der Waals surface area contributed by atoms with Crippen LogP contribution in [0.1, 0.15) is 19.4 Å². The fraction of sp³-hybridized carbons (Fsp3) is 0.417. The SMILES string of the molecule is CC(C)(Cc1ccc2c(c1)OCS2)C(=O)O. The molecule has 0 amide bonds. The monoisotopic (exact) mass is 238 g/mol. The summed E-state index contributed by atoms with van der Waals surface area (Å²) in [5, 5.41) is 9.06. The number of carbonyl (C=O) groups is 1. The number of thioether (sulfide) groups is 1. The van der Waals surface area contributed by atoms with Gasteiger partial charge in [0.05, 0.1) is 10.3 Å². The molecule has 16 heavy (non-hydrogen) atoms. The summed E-state index contributed by atoms with van der Waals surface area (Å²) in [5.41, 5.74) is 0.272. The normalized spacial score (nSPS) is 14.4. The standard InChI is InChI=1S/C12H14O3S/c1-12(2,11(13)14)6-8-3-4-10-9(5-8)15-7-16-10/h3-5H,6-7H2,1-2H3,(H,13,14). The van der Waals surface area contributed by atoms with Crippen molar-refractivity contribution in [2.45, 2.75) is 25.2 Å². The lowest BCUT2D eigenvalue weighted by atomic mass is 9.86. The van der Waals surface area contributed by atoms with Crippen LogP contribution in [-0.2, 0) is 11.2 Å². The van der Waals surface area contributed by atoms with Crippen molar-refractivity contribution in [3.8, 4) is 5.75 Å². The molecule has 0 spiro atoms. The van der Waals surface area contributed by atoms with Gasteiger partial charge in [0.15, 0.2) is 0 Å². The van der Waals surface area contributed by atoms with Crippen molar-refractivity contribution in [1.29, 1.82) is 0 Å². The molecule has 86 valence electrons. The maximum absolute atomic E-state index is 11.0. The van der Waals surface area contributed by atoms with Crippen LogP contribution in [0.4, 0.5) is 0 Å². The predicted molar refractivity (Wildman–Crippen MR) is 62.9 cm³/mol. The van der Waals surface area contributed by atoms with Gasteiger partial charge >= 0.3 is 5.97 Å². The van der Waals surface area contributed by atoms with Crippen molar-refractivity contribution in [3.05, 3.63) is 23.8 Å². The Morgan fingerprint density at radius 1 is 1.56 bits per heavy atom. The molecular weight excluding hydrogens is 224 g/mol. The van der Waals surface area contributed by atoms with E-state index in [1.807, 2.05) is 18.2 Å². The average Bonchev–Trinajstić information content (AvgIpc) is 2.63. The van der Waals surface area contributed by atoms with Gasteiger partial charge in [0, 0.05) is 0 Å². The number of fused-ring (bicyclic) bond motifs is 1. The Hall–Kier alpha value is -1.16. The molecule has 0 fully saturated rings. The van der Waals surface area contributed by atoms with Gasteiger partial charge in [-0.1, -0.05) is 17.8 Å². The summed E-state index contributed by atoms with van der Waals surface area (Å²) < 4.78 is 5.43. The van der Waals surface area contributed by atoms with Gasteiger partial charge in [-0.05, 0) is 38.0 Å². The van der Waals surface area contributed by atoms with Crippen LogP contribution in [0.3, 0.4) is 0 Å². The van der Waals surface area contributed by atoms with E-state index in [-0.39, 0.29) is 0 Å². The van der Waals surface area contributed by atoms with E-state index < -0.39 is 11.4 Å². The number of ether oxygens (including phenoxy) is 1. The van der Waals surface area contributed by atoms with Crippen molar-refractivity contribution in [1.82, 2.24) is 0 Å². The minimum absolute atomic E-state index is 0.518. The second-order valence-corrected chi connectivity index (χ2v) is 5.52. The third kappa shape index (κ3) is 2.16. The van der Waals surface area contributed by atoms with E-state index in [0.29, 0.717) is 12.4 Å². The van der Waals surface area contributed by atoms with Crippen LogP contribution in [0.15, 0.2) is 23.1 Å². The highest BCUT2D eigenvalue weighted by Crippen LogP contribution is 2.37. The number of aliphatic carboxylic acids is 1. The molecule has 0 saturated carbocycles. The quantitative estimate of drug-likeness (QED) is 0.879. The van der Waals surface area contributed by atoms with E-state index in [4.69, 9.17) is 9.84 Å². The highest BCUT2D eigenvalue weighted by molar-refractivity contribution is 7.99. The Morgan fingerprint density at radius 3 is 3.00 bits per heavy atom. The largest absolute Gasteiger partial charge is 0.481 e. The average molecular weight is 238 g/mol. The summed E-state index contributed by atoms with van der Waals surface area (Å²) in [7, 11) is 0. The second-order valence-electron chi connectivity index (χ2n) is 4.55. The Balaban J connectivity index is 2.20. The van der Waals surface area contributed by atoms with E-state index in [1.54, 1.807) is 25.6 Å². The van der Waals surface area contributed by atoms with E-state index in [2.05, 4.69) is 0 Å². The molecule has 1 aliphatic heterocycles. The molecule has 0 aliphatic carbocycles. The van der Waals surface area contributed by atoms with Crippen molar-refractivity contribution in [2.24, 2.45) is 5.41 Å². The Morgan fingerprint density at radius 2 is 2.31 bits per heavy atom. The van der Waals surface area contributed by atoms with Gasteiger partial charge in [0.25, 0.3) is 0 Å². The Bertz CT molecular complexity index is 426. The van der Waals surface area contributed by atoms with Gasteiger partial charge in [-0.15, -0.1) is 0 Å². The van der Waals surface area contributed by atoms with Crippen LogP contribution in [0, 0.1) is 5.41 Å². The minimum Gasteiger partial charge on any atom is -0.481 e. The van der Waals surface area contributed by atoms with E-state index in [1.165, 1.54) is 0 Å². The maximum Gasteiger partial charge on any atom is 0.309 e. The fourth-order valence-electron chi connectivity index (χ4n) is 1.64. The second kappa shape index (κ2) is 4.01. The van der Waals surface area contributed by atoms with Crippen molar-refractivity contribution in [2.75, 3.05) is 5.94 Å². The third-order valence-electron chi connectivity index (χ3n) is 2.66. The van der Waals surface area contributed by atoms with Crippen molar-refractivity contribution in [3.63, 3.8) is 0 Å². The molecule has 1 heterocycles. The van der Waals surface area contributed by atoms with Gasteiger partial charge < -0.3 is 9.84 Å². The van der Waals surface area contributed by atoms with Crippen LogP contribution in [0.5, 0.6) is 5.75 Å². The van der Waals surface area contributed by atoms with E-state index in [0.717, 1.165) is 16.2 Å². The number of hydrogen-bond donors (Lipinski definition) is 1. The number of rotatable bonds is 3. The highest BCUT2D eigenvalue weighted by Gasteiger charge is 2.28. The van der Waals surface area contributed by atoms with Gasteiger partial charge in [0.2, 0.25) is 0 Å². The molecule has 1 aliphatic rings.